The van der Waals surface area contributed by atoms with Crippen molar-refractivity contribution in [3.8, 4) is 0 Å². The van der Waals surface area contributed by atoms with Gasteiger partial charge in [0.05, 0.1) is 12.5 Å². The summed E-state index contributed by atoms with van der Waals surface area (Å²) in [6, 6.07) is 0. The molecule has 0 aliphatic carbocycles. The Morgan fingerprint density at radius 3 is 2.81 bits per heavy atom. The predicted molar refractivity (Wildman–Crippen MR) is 101 cm³/mol. The molecule has 26 heavy (non-hydrogen) atoms. The molecule has 144 valence electrons. The van der Waals surface area contributed by atoms with Crippen molar-refractivity contribution in [2.45, 2.75) is 19.8 Å². The van der Waals surface area contributed by atoms with Gasteiger partial charge in [-0.15, -0.1) is 0 Å². The van der Waals surface area contributed by atoms with Gasteiger partial charge in [0, 0.05) is 39.3 Å². The number of nitrogens with two attached hydrogens (primary N) is 1. The Labute approximate surface area is 154 Å². The summed E-state index contributed by atoms with van der Waals surface area (Å²) < 4.78 is 5.18. The van der Waals surface area contributed by atoms with Gasteiger partial charge in [-0.3, -0.25) is 4.79 Å². The first kappa shape index (κ1) is 18.7. The van der Waals surface area contributed by atoms with Crippen LogP contribution in [-0.4, -0.2) is 78.8 Å². The number of carbonyl (C=O) groups excluding carboxylic acids is 1. The van der Waals surface area contributed by atoms with Gasteiger partial charge in [0.25, 0.3) is 0 Å². The molecule has 2 fully saturated rings. The first-order valence-corrected chi connectivity index (χ1v) is 9.30. The molecule has 0 aromatic carbocycles. The van der Waals surface area contributed by atoms with E-state index in [0.717, 1.165) is 45.6 Å². The van der Waals surface area contributed by atoms with Gasteiger partial charge in [-0.1, -0.05) is 0 Å². The molecule has 0 bridgehead atoms. The number of carbonyl (C=O) groups is 1. The quantitative estimate of drug-likeness (QED) is 0.721. The Kier molecular flexibility index (Phi) is 6.10. The van der Waals surface area contributed by atoms with E-state index in [1.165, 1.54) is 6.33 Å². The number of aromatic nitrogens is 2. The van der Waals surface area contributed by atoms with Gasteiger partial charge < -0.3 is 25.7 Å². The maximum Gasteiger partial charge on any atom is 0.310 e. The molecule has 9 heteroatoms. The third-order valence-corrected chi connectivity index (χ3v) is 4.97. The number of ether oxygens (including phenoxy) is 1. The van der Waals surface area contributed by atoms with Crippen LogP contribution < -0.4 is 16.1 Å². The lowest BCUT2D eigenvalue weighted by Gasteiger charge is -2.35. The maximum absolute atomic E-state index is 12.1. The number of nitrogen functional groups attached to an aromatic ring is 1. The van der Waals surface area contributed by atoms with Crippen molar-refractivity contribution in [1.29, 1.82) is 0 Å². The zero-order chi connectivity index (χ0) is 18.5. The van der Waals surface area contributed by atoms with Crippen LogP contribution >= 0.6 is 0 Å². The Balaban J connectivity index is 1.69. The second-order valence-electron chi connectivity index (χ2n) is 6.90. The fourth-order valence-electron chi connectivity index (χ4n) is 3.42. The van der Waals surface area contributed by atoms with E-state index in [9.17, 15) is 4.79 Å². The average molecular weight is 363 g/mol. The molecular formula is C17H29N7O2. The zero-order valence-corrected chi connectivity index (χ0v) is 15.6. The van der Waals surface area contributed by atoms with Crippen molar-refractivity contribution in [2.75, 3.05) is 69.0 Å². The van der Waals surface area contributed by atoms with E-state index in [1.807, 2.05) is 6.92 Å². The second kappa shape index (κ2) is 8.50. The molecule has 9 nitrogen and oxygen atoms in total. The number of rotatable bonds is 5. The SMILES string of the molecule is CCOC(=O)C1CCCN(c2ncnc(NN3CCN(C)CC3)c2N)C1. The Morgan fingerprint density at radius 2 is 2.08 bits per heavy atom. The average Bonchev–Trinajstić information content (AvgIpc) is 2.65. The third kappa shape index (κ3) is 4.34. The van der Waals surface area contributed by atoms with Crippen LogP contribution in [0.4, 0.5) is 17.3 Å². The van der Waals surface area contributed by atoms with Crippen molar-refractivity contribution < 1.29 is 9.53 Å². The van der Waals surface area contributed by atoms with E-state index < -0.39 is 0 Å². The van der Waals surface area contributed by atoms with E-state index in [1.54, 1.807) is 0 Å². The molecule has 0 amide bonds. The number of likely N-dealkylation sites (N-methyl/N-ethyl adjacent to an activating group) is 1. The highest BCUT2D eigenvalue weighted by atomic mass is 16.5. The summed E-state index contributed by atoms with van der Waals surface area (Å²) in [6.45, 7) is 7.45. The normalized spacial score (nSPS) is 22.2. The van der Waals surface area contributed by atoms with Crippen LogP contribution in [0.15, 0.2) is 6.33 Å². The molecule has 1 atom stereocenters. The number of anilines is 3. The number of hydrogen-bond donors (Lipinski definition) is 2. The van der Waals surface area contributed by atoms with Gasteiger partial charge in [-0.2, -0.15) is 0 Å². The summed E-state index contributed by atoms with van der Waals surface area (Å²) in [7, 11) is 2.12. The molecule has 3 heterocycles. The minimum absolute atomic E-state index is 0.132. The topological polar surface area (TPSA) is 99.8 Å². The molecular weight excluding hydrogens is 334 g/mol. The van der Waals surface area contributed by atoms with Gasteiger partial charge in [0.15, 0.2) is 11.6 Å². The summed E-state index contributed by atoms with van der Waals surface area (Å²) in [6.07, 6.45) is 3.28. The molecule has 1 unspecified atom stereocenters. The summed E-state index contributed by atoms with van der Waals surface area (Å²) in [4.78, 5) is 25.1. The molecule has 1 aromatic heterocycles. The maximum atomic E-state index is 12.1. The number of hydrazine groups is 1. The van der Waals surface area contributed by atoms with Gasteiger partial charge in [0.1, 0.15) is 12.0 Å². The van der Waals surface area contributed by atoms with Crippen LogP contribution in [0.3, 0.4) is 0 Å². The van der Waals surface area contributed by atoms with Crippen molar-refractivity contribution in [3.05, 3.63) is 6.33 Å². The molecule has 3 N–H and O–H groups in total. The minimum Gasteiger partial charge on any atom is -0.466 e. The number of hydrogen-bond acceptors (Lipinski definition) is 9. The molecule has 0 spiro atoms. The lowest BCUT2D eigenvalue weighted by molar-refractivity contribution is -0.148. The number of piperidine rings is 1. The molecule has 2 aliphatic rings. The van der Waals surface area contributed by atoms with Crippen LogP contribution in [-0.2, 0) is 9.53 Å². The molecule has 0 saturated carbocycles. The number of nitrogens with one attached hydrogen (secondary N) is 1. The Hall–Kier alpha value is -2.13. The van der Waals surface area contributed by atoms with Crippen LogP contribution in [0.25, 0.3) is 0 Å². The van der Waals surface area contributed by atoms with E-state index in [-0.39, 0.29) is 11.9 Å². The van der Waals surface area contributed by atoms with Crippen molar-refractivity contribution in [1.82, 2.24) is 19.9 Å². The fourth-order valence-corrected chi connectivity index (χ4v) is 3.42. The zero-order valence-electron chi connectivity index (χ0n) is 15.6. The highest BCUT2D eigenvalue weighted by molar-refractivity contribution is 5.77. The van der Waals surface area contributed by atoms with Crippen LogP contribution in [0, 0.1) is 5.92 Å². The van der Waals surface area contributed by atoms with Crippen LogP contribution in [0.1, 0.15) is 19.8 Å². The molecule has 2 aliphatic heterocycles. The van der Waals surface area contributed by atoms with Crippen molar-refractivity contribution >= 4 is 23.3 Å². The minimum atomic E-state index is -0.138. The van der Waals surface area contributed by atoms with Gasteiger partial charge in [-0.25, -0.2) is 15.0 Å². The van der Waals surface area contributed by atoms with E-state index in [2.05, 4.69) is 37.3 Å². The highest BCUT2D eigenvalue weighted by Crippen LogP contribution is 2.30. The number of esters is 1. The number of nitrogens with zero attached hydrogens (tertiary/aromatic N) is 5. The van der Waals surface area contributed by atoms with E-state index in [4.69, 9.17) is 10.5 Å². The third-order valence-electron chi connectivity index (χ3n) is 4.97. The first-order valence-electron chi connectivity index (χ1n) is 9.30. The summed E-state index contributed by atoms with van der Waals surface area (Å²) in [5.41, 5.74) is 10.2. The van der Waals surface area contributed by atoms with Gasteiger partial charge in [0.2, 0.25) is 0 Å². The largest absolute Gasteiger partial charge is 0.466 e. The summed E-state index contributed by atoms with van der Waals surface area (Å²) >= 11 is 0. The smallest absolute Gasteiger partial charge is 0.310 e. The fraction of sp³-hybridized carbons (Fsp3) is 0.706. The molecule has 0 radical (unpaired) electrons. The molecule has 3 rings (SSSR count). The molecule has 1 aromatic rings. The lowest BCUT2D eigenvalue weighted by atomic mass is 9.98. The summed E-state index contributed by atoms with van der Waals surface area (Å²) in [5, 5.41) is 2.13. The predicted octanol–water partition coefficient (Wildman–Crippen LogP) is 0.413. The Morgan fingerprint density at radius 1 is 1.31 bits per heavy atom. The van der Waals surface area contributed by atoms with Gasteiger partial charge in [-0.05, 0) is 26.8 Å². The van der Waals surface area contributed by atoms with Gasteiger partial charge >= 0.3 is 5.97 Å². The van der Waals surface area contributed by atoms with Crippen molar-refractivity contribution in [3.63, 3.8) is 0 Å². The van der Waals surface area contributed by atoms with Crippen LogP contribution in [0.2, 0.25) is 0 Å². The van der Waals surface area contributed by atoms with Crippen molar-refractivity contribution in [2.24, 2.45) is 5.92 Å². The summed E-state index contributed by atoms with van der Waals surface area (Å²) in [5.74, 6) is 1.04. The highest BCUT2D eigenvalue weighted by Gasteiger charge is 2.29. The monoisotopic (exact) mass is 363 g/mol. The second-order valence-corrected chi connectivity index (χ2v) is 6.90. The van der Waals surface area contributed by atoms with Crippen LogP contribution in [0.5, 0.6) is 0 Å². The van der Waals surface area contributed by atoms with E-state index >= 15 is 0 Å². The lowest BCUT2D eigenvalue weighted by Crippen LogP contribution is -2.47. The Bertz CT molecular complexity index is 619. The number of piperazine rings is 1. The standard InChI is InChI=1S/C17H29N7O2/c1-3-26-17(25)13-5-4-6-23(11-13)16-14(18)15(19-12-20-16)21-24-9-7-22(2)8-10-24/h12-13H,3-11,18H2,1-2H3,(H,19,20,21). The first-order chi connectivity index (χ1) is 12.6. The van der Waals surface area contributed by atoms with E-state index in [0.29, 0.717) is 30.5 Å². The molecule has 2 saturated heterocycles.